The van der Waals surface area contributed by atoms with Crippen molar-refractivity contribution in [2.75, 3.05) is 61.8 Å². The normalized spacial score (nSPS) is 11.7. The van der Waals surface area contributed by atoms with Crippen molar-refractivity contribution in [3.05, 3.63) is 0 Å². The molecule has 22 heavy (non-hydrogen) atoms. The predicted molar refractivity (Wildman–Crippen MR) is 92.2 cm³/mol. The zero-order valence-electron chi connectivity index (χ0n) is 15.5. The largest absolute Gasteiger partial charge is 0.501 e. The molecule has 136 valence electrons. The zero-order chi connectivity index (χ0) is 17.4. The van der Waals surface area contributed by atoms with Gasteiger partial charge in [-0.3, -0.25) is 0 Å². The topological polar surface area (TPSA) is 58.6 Å². The molecule has 0 amide bonds. The SMILES string of the molecule is CCO[SiH](OCC)OCC.CO[Si](CCN(C)C)(OC)OC. The van der Waals surface area contributed by atoms with Crippen molar-refractivity contribution in [3.8, 4) is 0 Å². The standard InChI is InChI=1S/C7H19NO3Si.C6H16O3Si/c1-8(2)6-7-12(9-3,10-4)11-5;1-4-7-10(8-5-2)9-6-3/h6-7H2,1-5H3;10H,4-6H2,1-3H3. The highest BCUT2D eigenvalue weighted by Gasteiger charge is 2.37. The molecule has 0 saturated carbocycles. The van der Waals surface area contributed by atoms with Crippen LogP contribution in [-0.2, 0) is 26.6 Å². The lowest BCUT2D eigenvalue weighted by Crippen LogP contribution is -2.44. The molecule has 0 aromatic rings. The summed E-state index contributed by atoms with van der Waals surface area (Å²) < 4.78 is 31.4. The molecule has 0 aliphatic carbocycles. The van der Waals surface area contributed by atoms with E-state index in [4.69, 9.17) is 26.6 Å². The minimum absolute atomic E-state index is 0.677. The molecule has 0 bridgehead atoms. The molecule has 7 nitrogen and oxygen atoms in total. The van der Waals surface area contributed by atoms with Gasteiger partial charge in [0.15, 0.2) is 0 Å². The Morgan fingerprint density at radius 3 is 1.36 bits per heavy atom. The first-order valence-corrected chi connectivity index (χ1v) is 10.9. The molecule has 0 aromatic carbocycles. The molecule has 0 N–H and O–H groups in total. The summed E-state index contributed by atoms with van der Waals surface area (Å²) in [6.45, 7) is 8.78. The fourth-order valence-corrected chi connectivity index (χ4v) is 4.41. The third kappa shape index (κ3) is 12.7. The van der Waals surface area contributed by atoms with Crippen LogP contribution in [0.3, 0.4) is 0 Å². The molecule has 0 heterocycles. The Bertz CT molecular complexity index is 210. The molecular formula is C13H35NO6Si2. The minimum atomic E-state index is -2.32. The molecule has 0 atom stereocenters. The lowest BCUT2D eigenvalue weighted by molar-refractivity contribution is 0.107. The smallest absolute Gasteiger partial charge is 0.377 e. The van der Waals surface area contributed by atoms with Gasteiger partial charge < -0.3 is 31.5 Å². The fraction of sp³-hybridized carbons (Fsp3) is 1.00. The monoisotopic (exact) mass is 357 g/mol. The third-order valence-corrected chi connectivity index (χ3v) is 7.22. The molecule has 0 aromatic heterocycles. The first-order chi connectivity index (χ1) is 10.4. The summed E-state index contributed by atoms with van der Waals surface area (Å²) in [7, 11) is 4.87. The van der Waals surface area contributed by atoms with E-state index in [1.165, 1.54) is 0 Å². The van der Waals surface area contributed by atoms with Gasteiger partial charge in [-0.15, -0.1) is 0 Å². The summed E-state index contributed by atoms with van der Waals surface area (Å²) >= 11 is 0. The van der Waals surface area contributed by atoms with Crippen LogP contribution in [0.25, 0.3) is 0 Å². The predicted octanol–water partition coefficient (Wildman–Crippen LogP) is 1.24. The molecule has 0 radical (unpaired) electrons. The van der Waals surface area contributed by atoms with E-state index in [9.17, 15) is 0 Å². The summed E-state index contributed by atoms with van der Waals surface area (Å²) in [5.74, 6) is 0. The highest BCUT2D eigenvalue weighted by atomic mass is 28.4. The lowest BCUT2D eigenvalue weighted by atomic mass is 10.7. The summed E-state index contributed by atoms with van der Waals surface area (Å²) in [5.41, 5.74) is 0. The van der Waals surface area contributed by atoms with Gasteiger partial charge in [-0.05, 0) is 34.9 Å². The molecule has 0 fully saturated rings. The molecule has 0 unspecified atom stereocenters. The molecule has 0 aliphatic rings. The van der Waals surface area contributed by atoms with E-state index in [1.807, 2.05) is 34.9 Å². The van der Waals surface area contributed by atoms with Crippen molar-refractivity contribution >= 4 is 18.3 Å². The Balaban J connectivity index is 0. The highest BCUT2D eigenvalue weighted by molar-refractivity contribution is 6.60. The van der Waals surface area contributed by atoms with E-state index < -0.39 is 18.3 Å². The third-order valence-electron chi connectivity index (χ3n) is 2.71. The molecule has 0 rings (SSSR count). The molecule has 0 spiro atoms. The Kier molecular flexibility index (Phi) is 17.8. The van der Waals surface area contributed by atoms with Crippen LogP contribution in [0.1, 0.15) is 20.8 Å². The fourth-order valence-electron chi connectivity index (χ4n) is 1.47. The van der Waals surface area contributed by atoms with Gasteiger partial charge in [0, 0.05) is 53.7 Å². The van der Waals surface area contributed by atoms with Crippen LogP contribution in [-0.4, -0.2) is 85.0 Å². The van der Waals surface area contributed by atoms with E-state index >= 15 is 0 Å². The van der Waals surface area contributed by atoms with E-state index in [0.29, 0.717) is 19.8 Å². The molecule has 9 heteroatoms. The Hall–Kier alpha value is 0.154. The van der Waals surface area contributed by atoms with Gasteiger partial charge in [0.25, 0.3) is 0 Å². The van der Waals surface area contributed by atoms with Gasteiger partial charge in [0.1, 0.15) is 0 Å². The van der Waals surface area contributed by atoms with Crippen molar-refractivity contribution < 1.29 is 26.6 Å². The maximum Gasteiger partial charge on any atom is 0.501 e. The molecule has 0 aliphatic heterocycles. The molecule has 0 saturated heterocycles. The number of hydrogen-bond acceptors (Lipinski definition) is 7. The second-order valence-corrected chi connectivity index (χ2v) is 9.17. The average molecular weight is 358 g/mol. The van der Waals surface area contributed by atoms with Crippen LogP contribution in [0.15, 0.2) is 0 Å². The van der Waals surface area contributed by atoms with Crippen LogP contribution in [0.4, 0.5) is 0 Å². The average Bonchev–Trinajstić information content (AvgIpc) is 2.50. The van der Waals surface area contributed by atoms with Gasteiger partial charge in [-0.1, -0.05) is 0 Å². The van der Waals surface area contributed by atoms with Crippen molar-refractivity contribution in [1.82, 2.24) is 4.90 Å². The minimum Gasteiger partial charge on any atom is -0.377 e. The number of hydrogen-bond donors (Lipinski definition) is 0. The molecular weight excluding hydrogens is 322 g/mol. The zero-order valence-corrected chi connectivity index (χ0v) is 17.7. The Morgan fingerprint density at radius 2 is 1.14 bits per heavy atom. The van der Waals surface area contributed by atoms with Crippen LogP contribution in [0.5, 0.6) is 0 Å². The summed E-state index contributed by atoms with van der Waals surface area (Å²) in [5, 5.41) is 0. The van der Waals surface area contributed by atoms with E-state index in [1.54, 1.807) is 21.3 Å². The highest BCUT2D eigenvalue weighted by Crippen LogP contribution is 2.12. The van der Waals surface area contributed by atoms with E-state index in [-0.39, 0.29) is 0 Å². The van der Waals surface area contributed by atoms with Gasteiger partial charge in [0.2, 0.25) is 0 Å². The first kappa shape index (κ1) is 24.4. The van der Waals surface area contributed by atoms with E-state index in [0.717, 1.165) is 12.6 Å². The lowest BCUT2D eigenvalue weighted by Gasteiger charge is -2.25. The van der Waals surface area contributed by atoms with Crippen LogP contribution in [0, 0.1) is 0 Å². The van der Waals surface area contributed by atoms with Gasteiger partial charge in [0.05, 0.1) is 0 Å². The van der Waals surface area contributed by atoms with Crippen molar-refractivity contribution in [2.24, 2.45) is 0 Å². The van der Waals surface area contributed by atoms with Crippen molar-refractivity contribution in [3.63, 3.8) is 0 Å². The second-order valence-electron chi connectivity index (χ2n) is 4.50. The Morgan fingerprint density at radius 1 is 0.773 bits per heavy atom. The summed E-state index contributed by atoms with van der Waals surface area (Å²) in [6, 6.07) is 0.823. The van der Waals surface area contributed by atoms with Crippen LogP contribution < -0.4 is 0 Å². The van der Waals surface area contributed by atoms with Crippen molar-refractivity contribution in [1.29, 1.82) is 0 Å². The number of nitrogens with zero attached hydrogens (tertiary/aromatic N) is 1. The van der Waals surface area contributed by atoms with E-state index in [2.05, 4.69) is 4.90 Å². The number of rotatable bonds is 12. The maximum absolute atomic E-state index is 5.25. The van der Waals surface area contributed by atoms with Gasteiger partial charge >= 0.3 is 18.3 Å². The quantitative estimate of drug-likeness (QED) is 0.487. The maximum atomic E-state index is 5.25. The van der Waals surface area contributed by atoms with Gasteiger partial charge in [-0.25, -0.2) is 0 Å². The summed E-state index contributed by atoms with van der Waals surface area (Å²) in [4.78, 5) is 2.08. The van der Waals surface area contributed by atoms with Gasteiger partial charge in [-0.2, -0.15) is 0 Å². The van der Waals surface area contributed by atoms with Crippen LogP contribution >= 0.6 is 0 Å². The Labute approximate surface area is 139 Å². The van der Waals surface area contributed by atoms with Crippen molar-refractivity contribution in [2.45, 2.75) is 26.8 Å². The summed E-state index contributed by atoms with van der Waals surface area (Å²) in [6.07, 6.45) is 0. The first-order valence-electron chi connectivity index (χ1n) is 7.60. The second kappa shape index (κ2) is 16.0. The van der Waals surface area contributed by atoms with Crippen LogP contribution in [0.2, 0.25) is 6.04 Å².